The smallest absolute Gasteiger partial charge is 0.247 e. The minimum absolute atomic E-state index is 0.619. The van der Waals surface area contributed by atoms with Crippen LogP contribution in [-0.2, 0) is 0 Å². The van der Waals surface area contributed by atoms with Gasteiger partial charge in [0.05, 0.1) is 12.0 Å². The van der Waals surface area contributed by atoms with E-state index in [0.717, 1.165) is 0 Å². The third-order valence-electron chi connectivity index (χ3n) is 10.6. The lowest BCUT2D eigenvalue weighted by Crippen LogP contribution is -2.41. The average Bonchev–Trinajstić information content (AvgIpc) is 3.54. The van der Waals surface area contributed by atoms with Crippen LogP contribution in [0.2, 0.25) is 0 Å². The van der Waals surface area contributed by atoms with Gasteiger partial charge in [-0.2, -0.15) is 0 Å². The fourth-order valence-electron chi connectivity index (χ4n) is 7.49. The number of hydrogen-bond donors (Lipinski definition) is 1. The SMILES string of the molecule is CCCCCCCCCCCCCCCCCC(CCCCCC)c1[nH]cc[n+]1C(C)CCCCCCCCCCCCCC. The molecular formula is C43H85N2+. The first-order chi connectivity index (χ1) is 22.2. The lowest BCUT2D eigenvalue weighted by molar-refractivity contribution is -0.727. The van der Waals surface area contributed by atoms with Gasteiger partial charge in [-0.3, -0.25) is 0 Å². The predicted octanol–water partition coefficient (Wildman–Crippen LogP) is 15.3. The zero-order valence-corrected chi connectivity index (χ0v) is 31.8. The molecular weight excluding hydrogens is 544 g/mol. The monoisotopic (exact) mass is 630 g/mol. The third-order valence-corrected chi connectivity index (χ3v) is 10.6. The van der Waals surface area contributed by atoms with Crippen LogP contribution in [0, 0.1) is 0 Å². The van der Waals surface area contributed by atoms with E-state index in [0.29, 0.717) is 12.0 Å². The Morgan fingerprint density at radius 2 is 0.711 bits per heavy atom. The summed E-state index contributed by atoms with van der Waals surface area (Å²) in [5, 5.41) is 0. The summed E-state index contributed by atoms with van der Waals surface area (Å²) in [7, 11) is 0. The molecule has 0 saturated carbocycles. The van der Waals surface area contributed by atoms with Gasteiger partial charge in [-0.05, 0) is 32.6 Å². The van der Waals surface area contributed by atoms with Gasteiger partial charge in [-0.15, -0.1) is 0 Å². The summed E-state index contributed by atoms with van der Waals surface area (Å²) in [6, 6.07) is 0.619. The fourth-order valence-corrected chi connectivity index (χ4v) is 7.49. The highest BCUT2D eigenvalue weighted by molar-refractivity contribution is 4.90. The topological polar surface area (TPSA) is 19.7 Å². The molecule has 0 saturated heterocycles. The molecule has 1 rings (SSSR count). The van der Waals surface area contributed by atoms with Gasteiger partial charge >= 0.3 is 0 Å². The maximum atomic E-state index is 3.74. The molecule has 1 aromatic rings. The van der Waals surface area contributed by atoms with Gasteiger partial charge in [0.15, 0.2) is 0 Å². The Kier molecular flexibility index (Phi) is 31.1. The Morgan fingerprint density at radius 3 is 1.07 bits per heavy atom. The summed E-state index contributed by atoms with van der Waals surface area (Å²) >= 11 is 0. The molecule has 0 spiro atoms. The number of H-pyrrole nitrogens is 1. The second-order valence-electron chi connectivity index (χ2n) is 15.1. The predicted molar refractivity (Wildman–Crippen MR) is 202 cm³/mol. The summed E-state index contributed by atoms with van der Waals surface area (Å²) in [6.45, 7) is 9.43. The molecule has 0 aromatic carbocycles. The molecule has 1 N–H and O–H groups in total. The van der Waals surface area contributed by atoms with E-state index in [2.05, 4.69) is 49.6 Å². The van der Waals surface area contributed by atoms with Gasteiger partial charge in [0.2, 0.25) is 0 Å². The van der Waals surface area contributed by atoms with E-state index in [-0.39, 0.29) is 0 Å². The number of nitrogens with zero attached hydrogens (tertiary/aromatic N) is 1. The number of rotatable bonds is 36. The average molecular weight is 630 g/mol. The van der Waals surface area contributed by atoms with Crippen molar-refractivity contribution in [2.45, 2.75) is 258 Å². The van der Waals surface area contributed by atoms with Crippen LogP contribution in [0.1, 0.15) is 264 Å². The van der Waals surface area contributed by atoms with Gasteiger partial charge in [-0.1, -0.05) is 213 Å². The summed E-state index contributed by atoms with van der Waals surface area (Å²) in [5.41, 5.74) is 0. The van der Waals surface area contributed by atoms with Crippen molar-refractivity contribution < 1.29 is 4.57 Å². The van der Waals surface area contributed by atoms with E-state index in [1.807, 2.05) is 0 Å². The van der Waals surface area contributed by atoms with Gasteiger partial charge in [0, 0.05) is 0 Å². The molecule has 2 heteroatoms. The lowest BCUT2D eigenvalue weighted by Gasteiger charge is -2.17. The number of aromatic amines is 1. The molecule has 2 unspecified atom stereocenters. The zero-order chi connectivity index (χ0) is 32.5. The van der Waals surface area contributed by atoms with Crippen molar-refractivity contribution in [3.8, 4) is 0 Å². The lowest BCUT2D eigenvalue weighted by atomic mass is 9.93. The molecule has 2 nitrogen and oxygen atoms in total. The van der Waals surface area contributed by atoms with Crippen LogP contribution in [0.5, 0.6) is 0 Å². The van der Waals surface area contributed by atoms with E-state index >= 15 is 0 Å². The van der Waals surface area contributed by atoms with Crippen molar-refractivity contribution in [1.82, 2.24) is 4.98 Å². The maximum absolute atomic E-state index is 3.74. The Bertz CT molecular complexity index is 694. The van der Waals surface area contributed by atoms with E-state index < -0.39 is 0 Å². The quantitative estimate of drug-likeness (QED) is 0.0563. The highest BCUT2D eigenvalue weighted by atomic mass is 15.1. The highest BCUT2D eigenvalue weighted by Gasteiger charge is 2.25. The molecule has 0 amide bonds. The van der Waals surface area contributed by atoms with E-state index in [1.165, 1.54) is 224 Å². The Balaban J connectivity index is 2.25. The molecule has 2 atom stereocenters. The van der Waals surface area contributed by atoms with Crippen LogP contribution in [0.3, 0.4) is 0 Å². The summed E-state index contributed by atoms with van der Waals surface area (Å²) in [5.74, 6) is 2.24. The van der Waals surface area contributed by atoms with Crippen LogP contribution in [0.25, 0.3) is 0 Å². The van der Waals surface area contributed by atoms with Gasteiger partial charge in [0.1, 0.15) is 12.4 Å². The van der Waals surface area contributed by atoms with Crippen LogP contribution in [0.4, 0.5) is 0 Å². The first kappa shape index (κ1) is 42.2. The van der Waals surface area contributed by atoms with Crippen LogP contribution in [-0.4, -0.2) is 4.98 Å². The number of hydrogen-bond acceptors (Lipinski definition) is 0. The first-order valence-electron chi connectivity index (χ1n) is 21.3. The van der Waals surface area contributed by atoms with E-state index in [9.17, 15) is 0 Å². The summed E-state index contributed by atoms with van der Waals surface area (Å²) in [6.07, 6.45) is 53.2. The molecule has 0 fully saturated rings. The van der Waals surface area contributed by atoms with Crippen molar-refractivity contribution in [3.63, 3.8) is 0 Å². The molecule has 1 aromatic heterocycles. The van der Waals surface area contributed by atoms with Crippen LogP contribution < -0.4 is 4.57 Å². The molecule has 266 valence electrons. The molecule has 45 heavy (non-hydrogen) atoms. The number of unbranched alkanes of at least 4 members (excludes halogenated alkanes) is 28. The van der Waals surface area contributed by atoms with Crippen LogP contribution >= 0.6 is 0 Å². The van der Waals surface area contributed by atoms with Crippen molar-refractivity contribution >= 4 is 0 Å². The number of imidazole rings is 1. The normalized spacial score (nSPS) is 13.1. The molecule has 0 aliphatic carbocycles. The standard InChI is InChI=1S/C43H84N2/c1-5-8-11-14-16-18-20-22-23-24-26-28-30-32-35-38-42(37-34-13-10-7-3)43-44-39-40-45(43)41(4)36-33-31-29-27-25-21-19-17-15-12-9-6-2/h39-42H,5-38H2,1-4H3/p+1. The number of nitrogens with one attached hydrogen (secondary N) is 1. The Morgan fingerprint density at radius 1 is 0.422 bits per heavy atom. The van der Waals surface area contributed by atoms with E-state index in [1.54, 1.807) is 0 Å². The third kappa shape index (κ3) is 25.0. The Hall–Kier alpha value is -0.790. The largest absolute Gasteiger partial charge is 0.257 e. The molecule has 0 radical (unpaired) electrons. The zero-order valence-electron chi connectivity index (χ0n) is 31.8. The minimum atomic E-state index is 0.619. The van der Waals surface area contributed by atoms with Crippen molar-refractivity contribution in [2.75, 3.05) is 0 Å². The summed E-state index contributed by atoms with van der Waals surface area (Å²) < 4.78 is 2.63. The Labute approximate surface area is 285 Å². The summed E-state index contributed by atoms with van der Waals surface area (Å²) in [4.78, 5) is 3.74. The highest BCUT2D eigenvalue weighted by Crippen LogP contribution is 2.27. The van der Waals surface area contributed by atoms with E-state index in [4.69, 9.17) is 0 Å². The minimum Gasteiger partial charge on any atom is -0.247 e. The second-order valence-corrected chi connectivity index (χ2v) is 15.1. The van der Waals surface area contributed by atoms with Gasteiger partial charge in [-0.25, -0.2) is 9.55 Å². The fraction of sp³-hybridized carbons (Fsp3) is 0.930. The van der Waals surface area contributed by atoms with Crippen LogP contribution in [0.15, 0.2) is 12.4 Å². The maximum Gasteiger partial charge on any atom is 0.257 e. The second kappa shape index (κ2) is 33.1. The van der Waals surface area contributed by atoms with Crippen molar-refractivity contribution in [2.24, 2.45) is 0 Å². The number of aromatic nitrogens is 2. The molecule has 0 aliphatic heterocycles. The van der Waals surface area contributed by atoms with Gasteiger partial charge < -0.3 is 0 Å². The van der Waals surface area contributed by atoms with Crippen molar-refractivity contribution in [3.05, 3.63) is 18.2 Å². The molecule has 1 heterocycles. The molecule has 0 aliphatic rings. The van der Waals surface area contributed by atoms with Gasteiger partial charge in [0.25, 0.3) is 5.82 Å². The first-order valence-corrected chi connectivity index (χ1v) is 21.3. The van der Waals surface area contributed by atoms with Crippen molar-refractivity contribution in [1.29, 1.82) is 0 Å². The molecule has 0 bridgehead atoms.